The molecule has 0 fully saturated rings. The van der Waals surface area contributed by atoms with Crippen LogP contribution in [0.2, 0.25) is 0 Å². The number of nitrogens with one attached hydrogen (secondary N) is 2. The van der Waals surface area contributed by atoms with Crippen molar-refractivity contribution < 1.29 is 22.7 Å². The molecule has 7 nitrogen and oxygen atoms in total. The Bertz CT molecular complexity index is 924. The molecule has 2 N–H and O–H groups in total. The number of fused-ring (bicyclic) bond motifs is 1. The molecule has 0 radical (unpaired) electrons. The normalized spacial score (nSPS) is 13.0. The van der Waals surface area contributed by atoms with Crippen LogP contribution in [0.3, 0.4) is 0 Å². The fourth-order valence-electron chi connectivity index (χ4n) is 2.48. The van der Waals surface area contributed by atoms with Crippen LogP contribution in [0.25, 0.3) is 0 Å². The third-order valence-electron chi connectivity index (χ3n) is 4.00. The van der Waals surface area contributed by atoms with Crippen molar-refractivity contribution in [2.45, 2.75) is 25.3 Å². The van der Waals surface area contributed by atoms with Crippen LogP contribution in [-0.2, 0) is 16.6 Å². The fourth-order valence-corrected chi connectivity index (χ4v) is 3.69. The van der Waals surface area contributed by atoms with Gasteiger partial charge in [-0.3, -0.25) is 4.79 Å². The first kappa shape index (κ1) is 19.2. The molecular formula is C19H22N2O5S. The molecule has 0 saturated heterocycles. The molecule has 0 bridgehead atoms. The Morgan fingerprint density at radius 2 is 1.78 bits per heavy atom. The number of hydrogen-bond acceptors (Lipinski definition) is 5. The third-order valence-corrected chi connectivity index (χ3v) is 5.44. The van der Waals surface area contributed by atoms with Gasteiger partial charge in [0.2, 0.25) is 16.8 Å². The summed E-state index contributed by atoms with van der Waals surface area (Å²) in [7, 11) is -3.57. The zero-order valence-electron chi connectivity index (χ0n) is 15.2. The van der Waals surface area contributed by atoms with Crippen molar-refractivity contribution in [3.05, 3.63) is 53.6 Å². The second-order valence-electron chi connectivity index (χ2n) is 6.64. The maximum atomic E-state index is 12.3. The Labute approximate surface area is 158 Å². The smallest absolute Gasteiger partial charge is 0.251 e. The summed E-state index contributed by atoms with van der Waals surface area (Å²) in [6, 6.07) is 11.3. The van der Waals surface area contributed by atoms with E-state index in [0.29, 0.717) is 30.2 Å². The first-order chi connectivity index (χ1) is 12.8. The lowest BCUT2D eigenvalue weighted by Crippen LogP contribution is -2.27. The molecule has 144 valence electrons. The fraction of sp³-hybridized carbons (Fsp3) is 0.316. The van der Waals surface area contributed by atoms with Gasteiger partial charge in [0.25, 0.3) is 5.91 Å². The monoisotopic (exact) mass is 390 g/mol. The summed E-state index contributed by atoms with van der Waals surface area (Å²) in [4.78, 5) is 12.4. The molecule has 0 unspecified atom stereocenters. The second kappa shape index (κ2) is 7.98. The average Bonchev–Trinajstić information content (AvgIpc) is 3.12. The number of benzene rings is 2. The summed E-state index contributed by atoms with van der Waals surface area (Å²) in [5.74, 6) is 1.27. The van der Waals surface area contributed by atoms with Crippen LogP contribution in [0.15, 0.2) is 47.4 Å². The minimum atomic E-state index is -3.57. The lowest BCUT2D eigenvalue weighted by atomic mass is 10.2. The van der Waals surface area contributed by atoms with E-state index in [1.54, 1.807) is 6.07 Å². The highest BCUT2D eigenvalue weighted by molar-refractivity contribution is 7.89. The Hall–Kier alpha value is -2.58. The molecule has 1 aliphatic heterocycles. The maximum absolute atomic E-state index is 12.3. The molecule has 2 aromatic carbocycles. The van der Waals surface area contributed by atoms with Crippen molar-refractivity contribution in [1.29, 1.82) is 0 Å². The van der Waals surface area contributed by atoms with Crippen LogP contribution in [0, 0.1) is 5.92 Å². The molecule has 1 amide bonds. The maximum Gasteiger partial charge on any atom is 0.251 e. The van der Waals surface area contributed by atoms with Crippen LogP contribution in [0.1, 0.15) is 29.8 Å². The van der Waals surface area contributed by atoms with Gasteiger partial charge >= 0.3 is 0 Å². The Morgan fingerprint density at radius 3 is 2.48 bits per heavy atom. The second-order valence-corrected chi connectivity index (χ2v) is 8.41. The van der Waals surface area contributed by atoms with E-state index in [0.717, 1.165) is 5.56 Å². The molecule has 0 aliphatic carbocycles. The quantitative estimate of drug-likeness (QED) is 0.756. The van der Waals surface area contributed by atoms with Crippen LogP contribution >= 0.6 is 0 Å². The highest BCUT2D eigenvalue weighted by Gasteiger charge is 2.16. The summed E-state index contributed by atoms with van der Waals surface area (Å²) >= 11 is 0. The van der Waals surface area contributed by atoms with E-state index >= 15 is 0 Å². The van der Waals surface area contributed by atoms with Crippen molar-refractivity contribution in [2.24, 2.45) is 5.92 Å². The lowest BCUT2D eigenvalue weighted by Gasteiger charge is -2.10. The molecule has 1 aliphatic rings. The molecule has 0 spiro atoms. The zero-order chi connectivity index (χ0) is 19.4. The minimum Gasteiger partial charge on any atom is -0.454 e. The van der Waals surface area contributed by atoms with Gasteiger partial charge in [-0.25, -0.2) is 13.1 Å². The standard InChI is InChI=1S/C19H22N2O5S/c1-13(2)10-21-27(23,24)16-6-4-15(5-7-16)19(22)20-11-14-3-8-17-18(9-14)26-12-25-17/h3-9,13,21H,10-12H2,1-2H3,(H,20,22). The van der Waals surface area contributed by atoms with E-state index in [-0.39, 0.29) is 23.5 Å². The minimum absolute atomic E-state index is 0.135. The molecule has 0 aromatic heterocycles. The van der Waals surface area contributed by atoms with E-state index in [1.165, 1.54) is 24.3 Å². The number of carbonyl (C=O) groups excluding carboxylic acids is 1. The van der Waals surface area contributed by atoms with Crippen LogP contribution in [0.5, 0.6) is 11.5 Å². The molecule has 3 rings (SSSR count). The zero-order valence-corrected chi connectivity index (χ0v) is 16.0. The summed E-state index contributed by atoms with van der Waals surface area (Å²) in [6.07, 6.45) is 0. The summed E-state index contributed by atoms with van der Waals surface area (Å²) < 4.78 is 37.5. The highest BCUT2D eigenvalue weighted by Crippen LogP contribution is 2.32. The van der Waals surface area contributed by atoms with E-state index in [2.05, 4.69) is 10.0 Å². The van der Waals surface area contributed by atoms with Gasteiger partial charge in [0.05, 0.1) is 4.90 Å². The number of sulfonamides is 1. The first-order valence-electron chi connectivity index (χ1n) is 8.61. The Kier molecular flexibility index (Phi) is 5.67. The largest absolute Gasteiger partial charge is 0.454 e. The van der Waals surface area contributed by atoms with Crippen molar-refractivity contribution >= 4 is 15.9 Å². The topological polar surface area (TPSA) is 93.7 Å². The van der Waals surface area contributed by atoms with Crippen molar-refractivity contribution in [1.82, 2.24) is 10.0 Å². The third kappa shape index (κ3) is 4.78. The molecule has 8 heteroatoms. The van der Waals surface area contributed by atoms with E-state index < -0.39 is 10.0 Å². The van der Waals surface area contributed by atoms with Gasteiger partial charge in [-0.15, -0.1) is 0 Å². The molecule has 2 aromatic rings. The molecule has 1 heterocycles. The average molecular weight is 390 g/mol. The van der Waals surface area contributed by atoms with Gasteiger partial charge in [-0.2, -0.15) is 0 Å². The predicted octanol–water partition coefficient (Wildman–Crippen LogP) is 2.28. The van der Waals surface area contributed by atoms with Crippen molar-refractivity contribution in [3.63, 3.8) is 0 Å². The van der Waals surface area contributed by atoms with E-state index in [1.807, 2.05) is 26.0 Å². The Balaban J connectivity index is 1.60. The molecule has 0 atom stereocenters. The van der Waals surface area contributed by atoms with Crippen molar-refractivity contribution in [2.75, 3.05) is 13.3 Å². The highest BCUT2D eigenvalue weighted by atomic mass is 32.2. The van der Waals surface area contributed by atoms with Crippen molar-refractivity contribution in [3.8, 4) is 11.5 Å². The predicted molar refractivity (Wildman–Crippen MR) is 100 cm³/mol. The van der Waals surface area contributed by atoms with E-state index in [4.69, 9.17) is 9.47 Å². The SMILES string of the molecule is CC(C)CNS(=O)(=O)c1ccc(C(=O)NCc2ccc3c(c2)OCO3)cc1. The Morgan fingerprint density at radius 1 is 1.07 bits per heavy atom. The van der Waals surface area contributed by atoms with Gasteiger partial charge < -0.3 is 14.8 Å². The summed E-state index contributed by atoms with van der Waals surface area (Å²) in [5.41, 5.74) is 1.27. The first-order valence-corrected chi connectivity index (χ1v) is 10.1. The van der Waals surface area contributed by atoms with Gasteiger partial charge in [0.15, 0.2) is 11.5 Å². The number of carbonyl (C=O) groups is 1. The number of hydrogen-bond donors (Lipinski definition) is 2. The van der Waals surface area contributed by atoms with Crippen LogP contribution < -0.4 is 19.5 Å². The molecule has 27 heavy (non-hydrogen) atoms. The molecular weight excluding hydrogens is 368 g/mol. The lowest BCUT2D eigenvalue weighted by molar-refractivity contribution is 0.0950. The molecule has 0 saturated carbocycles. The summed E-state index contributed by atoms with van der Waals surface area (Å²) in [6.45, 7) is 4.74. The van der Waals surface area contributed by atoms with Crippen LogP contribution in [-0.4, -0.2) is 27.7 Å². The van der Waals surface area contributed by atoms with Gasteiger partial charge in [-0.05, 0) is 47.9 Å². The van der Waals surface area contributed by atoms with Gasteiger partial charge in [0, 0.05) is 18.7 Å². The number of ether oxygens (including phenoxy) is 2. The van der Waals surface area contributed by atoms with Gasteiger partial charge in [-0.1, -0.05) is 19.9 Å². The summed E-state index contributed by atoms with van der Waals surface area (Å²) in [5, 5.41) is 2.80. The van der Waals surface area contributed by atoms with Crippen LogP contribution in [0.4, 0.5) is 0 Å². The van der Waals surface area contributed by atoms with E-state index in [9.17, 15) is 13.2 Å². The number of rotatable bonds is 7. The van der Waals surface area contributed by atoms with Gasteiger partial charge in [0.1, 0.15) is 0 Å². The number of amides is 1.